The van der Waals surface area contributed by atoms with Gasteiger partial charge < -0.3 is 9.63 Å². The minimum Gasteiger partial charge on any atom is -0.393 e. The topological polar surface area (TPSA) is 59.2 Å². The van der Waals surface area contributed by atoms with Crippen molar-refractivity contribution >= 4 is 15.9 Å². The summed E-state index contributed by atoms with van der Waals surface area (Å²) >= 11 is 3.54. The van der Waals surface area contributed by atoms with Gasteiger partial charge in [-0.25, -0.2) is 0 Å². The second kappa shape index (κ2) is 5.43. The summed E-state index contributed by atoms with van der Waals surface area (Å²) in [5.74, 6) is 0.850. The maximum atomic E-state index is 9.54. The number of aliphatic hydroxyl groups excluding tert-OH is 1. The molecule has 1 N–H and O–H groups in total. The minimum atomic E-state index is -0.512. The van der Waals surface area contributed by atoms with Crippen molar-refractivity contribution in [2.75, 3.05) is 0 Å². The monoisotopic (exact) mass is 324 g/mol. The number of hydrogen-bond acceptors (Lipinski definition) is 4. The Morgan fingerprint density at radius 2 is 1.79 bits per heavy atom. The summed E-state index contributed by atoms with van der Waals surface area (Å²) in [6.45, 7) is 7.63. The highest BCUT2D eigenvalue weighted by molar-refractivity contribution is 9.10. The van der Waals surface area contributed by atoms with Gasteiger partial charge in [0, 0.05) is 10.0 Å². The summed E-state index contributed by atoms with van der Waals surface area (Å²) in [5, 5.41) is 13.5. The average Bonchev–Trinajstić information content (AvgIpc) is 2.83. The van der Waals surface area contributed by atoms with Gasteiger partial charge in [0.1, 0.15) is 0 Å². The second-order valence-electron chi connectivity index (χ2n) is 4.91. The SMILES string of the molecule is Cc1cc(-c2noc(C(C)C(C)O)n2)cc(C)c1Br. The van der Waals surface area contributed by atoms with Gasteiger partial charge in [-0.05, 0) is 44.0 Å². The van der Waals surface area contributed by atoms with Crippen molar-refractivity contribution in [1.82, 2.24) is 10.1 Å². The van der Waals surface area contributed by atoms with Gasteiger partial charge in [-0.2, -0.15) is 4.98 Å². The Labute approximate surface area is 121 Å². The van der Waals surface area contributed by atoms with E-state index in [0.29, 0.717) is 11.7 Å². The van der Waals surface area contributed by atoms with Gasteiger partial charge in [-0.1, -0.05) is 28.0 Å². The summed E-state index contributed by atoms with van der Waals surface area (Å²) < 4.78 is 6.31. The normalized spacial score (nSPS) is 14.4. The fraction of sp³-hybridized carbons (Fsp3) is 0.429. The van der Waals surface area contributed by atoms with Crippen molar-refractivity contribution in [3.8, 4) is 11.4 Å². The fourth-order valence-electron chi connectivity index (χ4n) is 1.82. The first-order valence-corrected chi connectivity index (χ1v) is 6.98. The Balaban J connectivity index is 2.38. The van der Waals surface area contributed by atoms with Crippen molar-refractivity contribution in [3.05, 3.63) is 33.6 Å². The first-order chi connectivity index (χ1) is 8.90. The Hall–Kier alpha value is -1.20. The molecule has 4 nitrogen and oxygen atoms in total. The standard InChI is InChI=1S/C14H17BrN2O2/c1-7-5-11(6-8(2)12(7)15)13-16-14(19-17-13)9(3)10(4)18/h5-6,9-10,18H,1-4H3. The van der Waals surface area contributed by atoms with E-state index in [1.54, 1.807) is 6.92 Å². The van der Waals surface area contributed by atoms with E-state index in [0.717, 1.165) is 21.2 Å². The Morgan fingerprint density at radius 3 is 2.32 bits per heavy atom. The lowest BCUT2D eigenvalue weighted by Gasteiger charge is -2.08. The zero-order valence-corrected chi connectivity index (χ0v) is 13.0. The van der Waals surface area contributed by atoms with Crippen LogP contribution in [0.3, 0.4) is 0 Å². The molecule has 0 aliphatic rings. The molecule has 0 saturated heterocycles. The number of nitrogens with zero attached hydrogens (tertiary/aromatic N) is 2. The number of rotatable bonds is 3. The number of benzene rings is 1. The van der Waals surface area contributed by atoms with Crippen molar-refractivity contribution in [3.63, 3.8) is 0 Å². The van der Waals surface area contributed by atoms with Gasteiger partial charge in [-0.3, -0.25) is 0 Å². The number of hydrogen-bond donors (Lipinski definition) is 1. The maximum Gasteiger partial charge on any atom is 0.232 e. The third kappa shape index (κ3) is 2.87. The van der Waals surface area contributed by atoms with Crippen LogP contribution in [0.1, 0.15) is 36.8 Å². The molecule has 1 heterocycles. The van der Waals surface area contributed by atoms with Crippen LogP contribution in [0, 0.1) is 13.8 Å². The zero-order valence-electron chi connectivity index (χ0n) is 11.4. The van der Waals surface area contributed by atoms with Gasteiger partial charge in [0.2, 0.25) is 11.7 Å². The molecule has 0 bridgehead atoms. The maximum absolute atomic E-state index is 9.54. The van der Waals surface area contributed by atoms with Crippen molar-refractivity contribution in [2.24, 2.45) is 0 Å². The molecule has 102 valence electrons. The summed E-state index contributed by atoms with van der Waals surface area (Å²) in [4.78, 5) is 4.36. The highest BCUT2D eigenvalue weighted by atomic mass is 79.9. The molecule has 0 spiro atoms. The largest absolute Gasteiger partial charge is 0.393 e. The van der Waals surface area contributed by atoms with Gasteiger partial charge >= 0.3 is 0 Å². The lowest BCUT2D eigenvalue weighted by Crippen LogP contribution is -2.11. The third-order valence-corrected chi connectivity index (χ3v) is 4.50. The molecule has 0 saturated carbocycles. The van der Waals surface area contributed by atoms with E-state index in [9.17, 15) is 5.11 Å². The van der Waals surface area contributed by atoms with Crippen LogP contribution in [0.5, 0.6) is 0 Å². The predicted molar refractivity (Wildman–Crippen MR) is 77.0 cm³/mol. The van der Waals surface area contributed by atoms with Crippen LogP contribution < -0.4 is 0 Å². The molecule has 0 amide bonds. The molecule has 19 heavy (non-hydrogen) atoms. The molecule has 0 aliphatic carbocycles. The van der Waals surface area contributed by atoms with Gasteiger partial charge in [0.15, 0.2) is 0 Å². The number of aromatic nitrogens is 2. The van der Waals surface area contributed by atoms with Crippen molar-refractivity contribution in [1.29, 1.82) is 0 Å². The Morgan fingerprint density at radius 1 is 1.21 bits per heavy atom. The Bertz CT molecular complexity index is 570. The predicted octanol–water partition coefficient (Wildman–Crippen LogP) is 3.60. The molecule has 0 fully saturated rings. The third-order valence-electron chi connectivity index (χ3n) is 3.25. The quantitative estimate of drug-likeness (QED) is 0.937. The first kappa shape index (κ1) is 14.2. The molecule has 5 heteroatoms. The van der Waals surface area contributed by atoms with Crippen molar-refractivity contribution in [2.45, 2.75) is 39.7 Å². The summed E-state index contributed by atoms with van der Waals surface area (Å²) in [7, 11) is 0. The van der Waals surface area contributed by atoms with Gasteiger partial charge in [-0.15, -0.1) is 0 Å². The smallest absolute Gasteiger partial charge is 0.232 e. The van der Waals surface area contributed by atoms with E-state index in [2.05, 4.69) is 26.1 Å². The van der Waals surface area contributed by atoms with Gasteiger partial charge in [0.25, 0.3) is 0 Å². The molecule has 1 aromatic heterocycles. The molecule has 0 aliphatic heterocycles. The van der Waals surface area contributed by atoms with Crippen LogP contribution in [-0.2, 0) is 0 Å². The van der Waals surface area contributed by atoms with Crippen LogP contribution >= 0.6 is 15.9 Å². The van der Waals surface area contributed by atoms with E-state index in [1.807, 2.05) is 32.9 Å². The molecule has 0 radical (unpaired) electrons. The average molecular weight is 325 g/mol. The minimum absolute atomic E-state index is 0.168. The summed E-state index contributed by atoms with van der Waals surface area (Å²) in [6, 6.07) is 4.03. The zero-order chi connectivity index (χ0) is 14.2. The molecular weight excluding hydrogens is 308 g/mol. The lowest BCUT2D eigenvalue weighted by molar-refractivity contribution is 0.151. The number of aliphatic hydroxyl groups is 1. The van der Waals surface area contributed by atoms with Gasteiger partial charge in [0.05, 0.1) is 12.0 Å². The van der Waals surface area contributed by atoms with E-state index in [4.69, 9.17) is 4.52 Å². The number of halogens is 1. The highest BCUT2D eigenvalue weighted by Crippen LogP contribution is 2.28. The number of aryl methyl sites for hydroxylation is 2. The van der Waals surface area contributed by atoms with E-state index < -0.39 is 6.10 Å². The van der Waals surface area contributed by atoms with Crippen LogP contribution in [0.25, 0.3) is 11.4 Å². The molecular formula is C14H17BrN2O2. The molecule has 2 unspecified atom stereocenters. The van der Waals surface area contributed by atoms with E-state index in [-0.39, 0.29) is 5.92 Å². The summed E-state index contributed by atoms with van der Waals surface area (Å²) in [6.07, 6.45) is -0.512. The molecule has 2 aromatic rings. The van der Waals surface area contributed by atoms with Crippen LogP contribution in [0.4, 0.5) is 0 Å². The highest BCUT2D eigenvalue weighted by Gasteiger charge is 2.19. The molecule has 2 atom stereocenters. The summed E-state index contributed by atoms with van der Waals surface area (Å²) in [5.41, 5.74) is 3.18. The Kier molecular flexibility index (Phi) is 4.06. The first-order valence-electron chi connectivity index (χ1n) is 6.19. The van der Waals surface area contributed by atoms with Crippen LogP contribution in [0.15, 0.2) is 21.1 Å². The van der Waals surface area contributed by atoms with Crippen molar-refractivity contribution < 1.29 is 9.63 Å². The van der Waals surface area contributed by atoms with E-state index >= 15 is 0 Å². The fourth-order valence-corrected chi connectivity index (χ4v) is 2.05. The van der Waals surface area contributed by atoms with Crippen LogP contribution in [0.2, 0.25) is 0 Å². The molecule has 2 rings (SSSR count). The molecule has 1 aromatic carbocycles. The lowest BCUT2D eigenvalue weighted by atomic mass is 10.1. The van der Waals surface area contributed by atoms with Crippen LogP contribution in [-0.4, -0.2) is 21.4 Å². The van der Waals surface area contributed by atoms with E-state index in [1.165, 1.54) is 0 Å². The second-order valence-corrected chi connectivity index (χ2v) is 5.70.